The van der Waals surface area contributed by atoms with Gasteiger partial charge in [-0.05, 0) is 43.5 Å². The van der Waals surface area contributed by atoms with Crippen molar-refractivity contribution >= 4 is 5.91 Å². The van der Waals surface area contributed by atoms with Gasteiger partial charge in [-0.2, -0.15) is 4.98 Å². The molecule has 0 bridgehead atoms. The van der Waals surface area contributed by atoms with Gasteiger partial charge in [0, 0.05) is 17.7 Å². The minimum absolute atomic E-state index is 0.143. The average Bonchev–Trinajstić information content (AvgIpc) is 3.33. The summed E-state index contributed by atoms with van der Waals surface area (Å²) < 4.78 is 18.9. The zero-order valence-corrected chi connectivity index (χ0v) is 14.4. The zero-order valence-electron chi connectivity index (χ0n) is 14.4. The maximum Gasteiger partial charge on any atom is 0.254 e. The highest BCUT2D eigenvalue weighted by atomic mass is 19.1. The van der Waals surface area contributed by atoms with Crippen LogP contribution < -0.4 is 0 Å². The third-order valence-electron chi connectivity index (χ3n) is 4.68. The van der Waals surface area contributed by atoms with Gasteiger partial charge in [0.1, 0.15) is 11.9 Å². The average molecular weight is 351 g/mol. The fraction of sp³-hybridized carbons (Fsp3) is 0.250. The third-order valence-corrected chi connectivity index (χ3v) is 4.68. The number of carbonyl (C=O) groups is 1. The van der Waals surface area contributed by atoms with Gasteiger partial charge >= 0.3 is 0 Å². The first kappa shape index (κ1) is 16.4. The Kier molecular flexibility index (Phi) is 4.24. The highest BCUT2D eigenvalue weighted by Gasteiger charge is 2.34. The largest absolute Gasteiger partial charge is 0.337 e. The van der Waals surface area contributed by atoms with Crippen LogP contribution in [0.3, 0.4) is 0 Å². The summed E-state index contributed by atoms with van der Waals surface area (Å²) >= 11 is 0. The molecule has 0 N–H and O–H groups in total. The maximum absolute atomic E-state index is 13.5. The predicted molar refractivity (Wildman–Crippen MR) is 93.9 cm³/mol. The van der Waals surface area contributed by atoms with E-state index in [-0.39, 0.29) is 17.8 Å². The summed E-state index contributed by atoms with van der Waals surface area (Å²) in [5, 5.41) is 4.05. The van der Waals surface area contributed by atoms with Crippen LogP contribution in [0.4, 0.5) is 4.39 Å². The van der Waals surface area contributed by atoms with Gasteiger partial charge < -0.3 is 9.42 Å². The Balaban J connectivity index is 1.60. The van der Waals surface area contributed by atoms with Crippen molar-refractivity contribution in [2.45, 2.75) is 25.8 Å². The fourth-order valence-corrected chi connectivity index (χ4v) is 3.29. The zero-order chi connectivity index (χ0) is 18.1. The first-order valence-electron chi connectivity index (χ1n) is 8.59. The Labute approximate surface area is 150 Å². The van der Waals surface area contributed by atoms with Gasteiger partial charge in [0.2, 0.25) is 11.7 Å². The van der Waals surface area contributed by atoms with Crippen LogP contribution in [0.2, 0.25) is 0 Å². The molecule has 2 heterocycles. The first-order chi connectivity index (χ1) is 12.6. The first-order valence-corrected chi connectivity index (χ1v) is 8.59. The molecule has 4 rings (SSSR count). The molecular formula is C20H18FN3O2. The van der Waals surface area contributed by atoms with Crippen molar-refractivity contribution in [1.82, 2.24) is 15.0 Å². The van der Waals surface area contributed by atoms with Gasteiger partial charge in [-0.15, -0.1) is 0 Å². The topological polar surface area (TPSA) is 59.2 Å². The second kappa shape index (κ2) is 6.71. The predicted octanol–water partition coefficient (Wildman–Crippen LogP) is 4.16. The van der Waals surface area contributed by atoms with Gasteiger partial charge in [0.05, 0.1) is 0 Å². The molecule has 1 aliphatic rings. The number of likely N-dealkylation sites (tertiary alicyclic amines) is 1. The number of hydrogen-bond acceptors (Lipinski definition) is 4. The van der Waals surface area contributed by atoms with E-state index in [4.69, 9.17) is 4.52 Å². The number of amides is 1. The van der Waals surface area contributed by atoms with E-state index in [1.54, 1.807) is 17.9 Å². The molecular weight excluding hydrogens is 333 g/mol. The van der Waals surface area contributed by atoms with E-state index in [0.717, 1.165) is 18.4 Å². The number of rotatable bonds is 3. The molecule has 0 radical (unpaired) electrons. The molecule has 1 fully saturated rings. The minimum atomic E-state index is -0.316. The molecule has 0 spiro atoms. The van der Waals surface area contributed by atoms with Crippen molar-refractivity contribution < 1.29 is 13.7 Å². The van der Waals surface area contributed by atoms with E-state index in [0.29, 0.717) is 29.4 Å². The molecule has 1 aliphatic heterocycles. The highest BCUT2D eigenvalue weighted by Crippen LogP contribution is 2.33. The van der Waals surface area contributed by atoms with Crippen LogP contribution in [0.25, 0.3) is 11.4 Å². The summed E-state index contributed by atoms with van der Waals surface area (Å²) in [4.78, 5) is 19.1. The fourth-order valence-electron chi connectivity index (χ4n) is 3.29. The Hall–Kier alpha value is -3.02. The van der Waals surface area contributed by atoms with Gasteiger partial charge in [0.25, 0.3) is 5.91 Å². The number of halogens is 1. The summed E-state index contributed by atoms with van der Waals surface area (Å²) in [6.45, 7) is 2.26. The lowest BCUT2D eigenvalue weighted by Gasteiger charge is -2.22. The molecule has 1 saturated heterocycles. The molecule has 0 saturated carbocycles. The smallest absolute Gasteiger partial charge is 0.254 e. The van der Waals surface area contributed by atoms with Crippen LogP contribution in [0, 0.1) is 12.7 Å². The summed E-state index contributed by atoms with van der Waals surface area (Å²) in [5.74, 6) is 0.491. The molecule has 3 aromatic rings. The van der Waals surface area contributed by atoms with E-state index < -0.39 is 0 Å². The quantitative estimate of drug-likeness (QED) is 0.711. The van der Waals surface area contributed by atoms with E-state index in [2.05, 4.69) is 10.1 Å². The van der Waals surface area contributed by atoms with Gasteiger partial charge in [0.15, 0.2) is 0 Å². The van der Waals surface area contributed by atoms with Crippen molar-refractivity contribution in [1.29, 1.82) is 0 Å². The molecule has 5 nitrogen and oxygen atoms in total. The Morgan fingerprint density at radius 3 is 2.81 bits per heavy atom. The van der Waals surface area contributed by atoms with Crippen LogP contribution in [-0.4, -0.2) is 27.5 Å². The standard InChI is InChI=1S/C20H18FN3O2/c1-13-12-15(9-10-16(13)21)20(25)24-11-5-8-17(24)19-22-18(23-26-19)14-6-3-2-4-7-14/h2-4,6-7,9-10,12,17H,5,8,11H2,1H3. The molecule has 1 amide bonds. The van der Waals surface area contributed by atoms with Crippen LogP contribution in [0.15, 0.2) is 53.1 Å². The number of aryl methyl sites for hydroxylation is 1. The molecule has 26 heavy (non-hydrogen) atoms. The van der Waals surface area contributed by atoms with E-state index in [1.807, 2.05) is 30.3 Å². The number of nitrogens with zero attached hydrogens (tertiary/aromatic N) is 3. The van der Waals surface area contributed by atoms with Crippen LogP contribution in [0.5, 0.6) is 0 Å². The molecule has 132 valence electrons. The number of aromatic nitrogens is 2. The molecule has 0 aliphatic carbocycles. The lowest BCUT2D eigenvalue weighted by Crippen LogP contribution is -2.30. The minimum Gasteiger partial charge on any atom is -0.337 e. The number of hydrogen-bond donors (Lipinski definition) is 0. The molecule has 2 aromatic carbocycles. The van der Waals surface area contributed by atoms with Crippen LogP contribution in [0.1, 0.15) is 40.7 Å². The van der Waals surface area contributed by atoms with E-state index in [9.17, 15) is 9.18 Å². The second-order valence-corrected chi connectivity index (χ2v) is 6.44. The van der Waals surface area contributed by atoms with Crippen molar-refractivity contribution in [2.24, 2.45) is 0 Å². The molecule has 6 heteroatoms. The number of carbonyl (C=O) groups excluding carboxylic acids is 1. The number of benzene rings is 2. The summed E-state index contributed by atoms with van der Waals surface area (Å²) in [7, 11) is 0. The normalized spacial score (nSPS) is 16.8. The second-order valence-electron chi connectivity index (χ2n) is 6.44. The summed E-state index contributed by atoms with van der Waals surface area (Å²) in [5.41, 5.74) is 1.79. The Morgan fingerprint density at radius 2 is 2.04 bits per heavy atom. The summed E-state index contributed by atoms with van der Waals surface area (Å²) in [6, 6.07) is 13.7. The Bertz CT molecular complexity index is 939. The van der Waals surface area contributed by atoms with Crippen molar-refractivity contribution in [3.63, 3.8) is 0 Å². The maximum atomic E-state index is 13.5. The highest BCUT2D eigenvalue weighted by molar-refractivity contribution is 5.94. The van der Waals surface area contributed by atoms with Crippen LogP contribution >= 0.6 is 0 Å². The van der Waals surface area contributed by atoms with Crippen LogP contribution in [-0.2, 0) is 0 Å². The SMILES string of the molecule is Cc1cc(C(=O)N2CCCC2c2nc(-c3ccccc3)no2)ccc1F. The van der Waals surface area contributed by atoms with Crippen molar-refractivity contribution in [3.8, 4) is 11.4 Å². The molecule has 1 atom stereocenters. The van der Waals surface area contributed by atoms with Gasteiger partial charge in [-0.25, -0.2) is 4.39 Å². The van der Waals surface area contributed by atoms with E-state index >= 15 is 0 Å². The monoisotopic (exact) mass is 351 g/mol. The van der Waals surface area contributed by atoms with Gasteiger partial charge in [-0.1, -0.05) is 35.5 Å². The lowest BCUT2D eigenvalue weighted by molar-refractivity contribution is 0.0710. The molecule has 1 aromatic heterocycles. The Morgan fingerprint density at radius 1 is 1.23 bits per heavy atom. The lowest BCUT2D eigenvalue weighted by atomic mass is 10.1. The van der Waals surface area contributed by atoms with Gasteiger partial charge in [-0.3, -0.25) is 4.79 Å². The van der Waals surface area contributed by atoms with E-state index in [1.165, 1.54) is 12.1 Å². The van der Waals surface area contributed by atoms with Crippen molar-refractivity contribution in [2.75, 3.05) is 6.54 Å². The summed E-state index contributed by atoms with van der Waals surface area (Å²) in [6.07, 6.45) is 1.63. The van der Waals surface area contributed by atoms with Crippen molar-refractivity contribution in [3.05, 3.63) is 71.4 Å². The third kappa shape index (κ3) is 2.98. The molecule has 1 unspecified atom stereocenters.